The fourth-order valence-electron chi connectivity index (χ4n) is 2.30. The van der Waals surface area contributed by atoms with Crippen LogP contribution in [0.25, 0.3) is 0 Å². The third-order valence-electron chi connectivity index (χ3n) is 3.82. The van der Waals surface area contributed by atoms with Crippen molar-refractivity contribution in [1.82, 2.24) is 10.2 Å². The molecule has 0 spiro atoms. The number of nitrogens with zero attached hydrogens (tertiary/aromatic N) is 2. The average Bonchev–Trinajstić information content (AvgIpc) is 2.60. The van der Waals surface area contributed by atoms with Gasteiger partial charge in [-0.1, -0.05) is 24.3 Å². The molecule has 0 heterocycles. The zero-order chi connectivity index (χ0) is 17.5. The number of rotatable bonds is 6. The van der Waals surface area contributed by atoms with Crippen molar-refractivity contribution in [1.29, 1.82) is 0 Å². The second-order valence-corrected chi connectivity index (χ2v) is 5.92. The Morgan fingerprint density at radius 2 is 1.54 bits per heavy atom. The SMILES string of the molecule is COc1ccc(CNC(=O)N(C)Cc2ccc(N(C)C)cc2)cc1. The minimum Gasteiger partial charge on any atom is -0.497 e. The van der Waals surface area contributed by atoms with Crippen molar-refractivity contribution in [2.45, 2.75) is 13.1 Å². The third-order valence-corrected chi connectivity index (χ3v) is 3.82. The van der Waals surface area contributed by atoms with Crippen LogP contribution in [0.2, 0.25) is 0 Å². The lowest BCUT2D eigenvalue weighted by Crippen LogP contribution is -2.36. The number of amides is 2. The van der Waals surface area contributed by atoms with E-state index in [0.717, 1.165) is 22.6 Å². The van der Waals surface area contributed by atoms with Crippen molar-refractivity contribution >= 4 is 11.7 Å². The molecule has 0 fully saturated rings. The number of nitrogens with one attached hydrogen (secondary N) is 1. The summed E-state index contributed by atoms with van der Waals surface area (Å²) in [7, 11) is 7.45. The molecule has 0 aliphatic carbocycles. The molecule has 0 radical (unpaired) electrons. The molecule has 0 saturated heterocycles. The highest BCUT2D eigenvalue weighted by Crippen LogP contribution is 2.14. The fraction of sp³-hybridized carbons (Fsp3) is 0.316. The first-order chi connectivity index (χ1) is 11.5. The second-order valence-electron chi connectivity index (χ2n) is 5.92. The quantitative estimate of drug-likeness (QED) is 0.887. The van der Waals surface area contributed by atoms with Crippen LogP contribution in [0.5, 0.6) is 5.75 Å². The van der Waals surface area contributed by atoms with Crippen molar-refractivity contribution in [2.24, 2.45) is 0 Å². The van der Waals surface area contributed by atoms with E-state index in [-0.39, 0.29) is 6.03 Å². The van der Waals surface area contributed by atoms with E-state index in [4.69, 9.17) is 4.74 Å². The molecule has 2 amide bonds. The first-order valence-corrected chi connectivity index (χ1v) is 7.87. The summed E-state index contributed by atoms with van der Waals surface area (Å²) >= 11 is 0. The van der Waals surface area contributed by atoms with Gasteiger partial charge in [0.25, 0.3) is 0 Å². The highest BCUT2D eigenvalue weighted by atomic mass is 16.5. The van der Waals surface area contributed by atoms with Gasteiger partial charge >= 0.3 is 6.03 Å². The summed E-state index contributed by atoms with van der Waals surface area (Å²) in [5.41, 5.74) is 3.28. The van der Waals surface area contributed by atoms with Crippen LogP contribution in [0, 0.1) is 0 Å². The molecular weight excluding hydrogens is 302 g/mol. The van der Waals surface area contributed by atoms with Crippen LogP contribution in [0.3, 0.4) is 0 Å². The van der Waals surface area contributed by atoms with Gasteiger partial charge in [-0.25, -0.2) is 4.79 Å². The Balaban J connectivity index is 1.84. The molecule has 24 heavy (non-hydrogen) atoms. The van der Waals surface area contributed by atoms with Crippen molar-refractivity contribution in [3.63, 3.8) is 0 Å². The fourth-order valence-corrected chi connectivity index (χ4v) is 2.30. The summed E-state index contributed by atoms with van der Waals surface area (Å²) in [6.45, 7) is 1.06. The van der Waals surface area contributed by atoms with Gasteiger partial charge in [0.1, 0.15) is 5.75 Å². The van der Waals surface area contributed by atoms with Crippen molar-refractivity contribution in [2.75, 3.05) is 33.2 Å². The van der Waals surface area contributed by atoms with E-state index >= 15 is 0 Å². The van der Waals surface area contributed by atoms with Crippen LogP contribution < -0.4 is 15.0 Å². The molecule has 128 valence electrons. The van der Waals surface area contributed by atoms with Gasteiger partial charge < -0.3 is 19.9 Å². The molecule has 5 nitrogen and oxygen atoms in total. The molecule has 0 bridgehead atoms. The van der Waals surface area contributed by atoms with E-state index in [0.29, 0.717) is 13.1 Å². The molecule has 0 saturated carbocycles. The predicted molar refractivity (Wildman–Crippen MR) is 97.5 cm³/mol. The van der Waals surface area contributed by atoms with Gasteiger partial charge in [0.05, 0.1) is 7.11 Å². The Morgan fingerprint density at radius 3 is 2.08 bits per heavy atom. The van der Waals surface area contributed by atoms with Gasteiger partial charge in [0.15, 0.2) is 0 Å². The molecule has 0 atom stereocenters. The number of carbonyl (C=O) groups excluding carboxylic acids is 1. The maximum Gasteiger partial charge on any atom is 0.317 e. The van der Waals surface area contributed by atoms with Gasteiger partial charge in [-0.05, 0) is 35.4 Å². The minimum absolute atomic E-state index is 0.0949. The molecule has 1 N–H and O–H groups in total. The lowest BCUT2D eigenvalue weighted by atomic mass is 10.2. The van der Waals surface area contributed by atoms with E-state index in [9.17, 15) is 4.79 Å². The van der Waals surface area contributed by atoms with Crippen LogP contribution in [-0.2, 0) is 13.1 Å². The molecular formula is C19H25N3O2. The average molecular weight is 327 g/mol. The zero-order valence-corrected chi connectivity index (χ0v) is 14.7. The van der Waals surface area contributed by atoms with Crippen molar-refractivity contribution in [3.8, 4) is 5.75 Å². The van der Waals surface area contributed by atoms with Crippen LogP contribution >= 0.6 is 0 Å². The zero-order valence-electron chi connectivity index (χ0n) is 14.7. The molecule has 0 aliphatic heterocycles. The molecule has 2 aromatic carbocycles. The van der Waals surface area contributed by atoms with Crippen molar-refractivity contribution in [3.05, 3.63) is 59.7 Å². The Morgan fingerprint density at radius 1 is 0.958 bits per heavy atom. The van der Waals surface area contributed by atoms with E-state index in [1.54, 1.807) is 19.1 Å². The van der Waals surface area contributed by atoms with E-state index in [2.05, 4.69) is 22.3 Å². The van der Waals surface area contributed by atoms with Gasteiger partial charge in [-0.15, -0.1) is 0 Å². The maximum absolute atomic E-state index is 12.2. The minimum atomic E-state index is -0.0949. The Hall–Kier alpha value is -2.69. The highest BCUT2D eigenvalue weighted by molar-refractivity contribution is 5.73. The summed E-state index contributed by atoms with van der Waals surface area (Å²) in [5, 5.41) is 2.92. The van der Waals surface area contributed by atoms with Crippen LogP contribution in [0.4, 0.5) is 10.5 Å². The summed E-state index contributed by atoms with van der Waals surface area (Å²) < 4.78 is 5.12. The number of methoxy groups -OCH3 is 1. The van der Waals surface area contributed by atoms with E-state index in [1.165, 1.54) is 0 Å². The number of hydrogen-bond donors (Lipinski definition) is 1. The summed E-state index contributed by atoms with van der Waals surface area (Å²) in [6, 6.07) is 15.8. The number of benzene rings is 2. The van der Waals surface area contributed by atoms with Gasteiger partial charge in [0.2, 0.25) is 0 Å². The summed E-state index contributed by atoms with van der Waals surface area (Å²) in [6.07, 6.45) is 0. The smallest absolute Gasteiger partial charge is 0.317 e. The first-order valence-electron chi connectivity index (χ1n) is 7.87. The second kappa shape index (κ2) is 8.24. The number of urea groups is 1. The van der Waals surface area contributed by atoms with Gasteiger partial charge in [-0.3, -0.25) is 0 Å². The normalized spacial score (nSPS) is 10.2. The lowest BCUT2D eigenvalue weighted by Gasteiger charge is -2.19. The Labute approximate surface area is 143 Å². The standard InChI is InChI=1S/C19H25N3O2/c1-21(2)17-9-5-16(6-10-17)14-22(3)19(23)20-13-15-7-11-18(24-4)12-8-15/h5-12H,13-14H2,1-4H3,(H,20,23). The predicted octanol–water partition coefficient (Wildman–Crippen LogP) is 3.10. The van der Waals surface area contributed by atoms with Crippen LogP contribution in [-0.4, -0.2) is 39.2 Å². The van der Waals surface area contributed by atoms with E-state index in [1.807, 2.05) is 50.5 Å². The van der Waals surface area contributed by atoms with Crippen molar-refractivity contribution < 1.29 is 9.53 Å². The van der Waals surface area contributed by atoms with Crippen LogP contribution in [0.15, 0.2) is 48.5 Å². The molecule has 5 heteroatoms. The third kappa shape index (κ3) is 4.91. The van der Waals surface area contributed by atoms with E-state index < -0.39 is 0 Å². The molecule has 0 aliphatic rings. The number of ether oxygens (including phenoxy) is 1. The molecule has 2 rings (SSSR count). The Kier molecular flexibility index (Phi) is 6.07. The molecule has 0 aromatic heterocycles. The van der Waals surface area contributed by atoms with Crippen LogP contribution in [0.1, 0.15) is 11.1 Å². The number of carbonyl (C=O) groups is 1. The lowest BCUT2D eigenvalue weighted by molar-refractivity contribution is 0.206. The Bertz CT molecular complexity index is 651. The monoisotopic (exact) mass is 327 g/mol. The number of anilines is 1. The van der Waals surface area contributed by atoms with Gasteiger partial charge in [0, 0.05) is 39.9 Å². The first kappa shape index (κ1) is 17.7. The number of hydrogen-bond acceptors (Lipinski definition) is 3. The topological polar surface area (TPSA) is 44.8 Å². The summed E-state index contributed by atoms with van der Waals surface area (Å²) in [4.78, 5) is 15.9. The summed E-state index contributed by atoms with van der Waals surface area (Å²) in [5.74, 6) is 0.809. The maximum atomic E-state index is 12.2. The molecule has 0 unspecified atom stereocenters. The highest BCUT2D eigenvalue weighted by Gasteiger charge is 2.09. The largest absolute Gasteiger partial charge is 0.497 e. The van der Waals surface area contributed by atoms with Gasteiger partial charge in [-0.2, -0.15) is 0 Å². The molecule has 2 aromatic rings.